The van der Waals surface area contributed by atoms with Gasteiger partial charge in [-0.2, -0.15) is 4.98 Å². The van der Waals surface area contributed by atoms with Crippen LogP contribution in [0, 0.1) is 0 Å². The zero-order valence-electron chi connectivity index (χ0n) is 8.85. The highest BCUT2D eigenvalue weighted by atomic mass is 35.5. The number of aromatic hydroxyl groups is 1. The van der Waals surface area contributed by atoms with Crippen molar-refractivity contribution < 1.29 is 9.63 Å². The number of aromatic nitrogens is 2. The summed E-state index contributed by atoms with van der Waals surface area (Å²) >= 11 is 5.82. The average molecular weight is 252 g/mol. The first-order valence-electron chi connectivity index (χ1n) is 5.28. The number of nitrogens with one attached hydrogen (secondary N) is 1. The van der Waals surface area contributed by atoms with Gasteiger partial charge in [-0.15, -0.1) is 0 Å². The van der Waals surface area contributed by atoms with Crippen LogP contribution >= 0.6 is 11.6 Å². The van der Waals surface area contributed by atoms with Crippen molar-refractivity contribution in [2.45, 2.75) is 5.92 Å². The summed E-state index contributed by atoms with van der Waals surface area (Å²) in [5.41, 5.74) is 0.462. The fraction of sp³-hybridized carbons (Fsp3) is 0.273. The van der Waals surface area contributed by atoms with Crippen LogP contribution in [0.25, 0.3) is 11.5 Å². The fourth-order valence-electron chi connectivity index (χ4n) is 1.67. The van der Waals surface area contributed by atoms with Gasteiger partial charge in [0.05, 0.1) is 10.6 Å². The molecule has 0 aliphatic carbocycles. The van der Waals surface area contributed by atoms with Gasteiger partial charge in [-0.1, -0.05) is 22.8 Å². The van der Waals surface area contributed by atoms with E-state index >= 15 is 0 Å². The molecule has 5 nitrogen and oxygen atoms in total. The van der Waals surface area contributed by atoms with E-state index < -0.39 is 0 Å². The highest BCUT2D eigenvalue weighted by Crippen LogP contribution is 2.34. The first-order valence-corrected chi connectivity index (χ1v) is 5.65. The Morgan fingerprint density at radius 2 is 2.24 bits per heavy atom. The molecular weight excluding hydrogens is 242 g/mol. The normalized spacial score (nSPS) is 15.8. The number of para-hydroxylation sites is 1. The number of rotatable bonds is 2. The minimum atomic E-state index is -0.0314. The Hall–Kier alpha value is -1.59. The SMILES string of the molecule is Oc1c(Cl)cccc1-c1nc(C2CNC2)no1. The van der Waals surface area contributed by atoms with Crippen molar-refractivity contribution in [1.82, 2.24) is 15.5 Å². The summed E-state index contributed by atoms with van der Waals surface area (Å²) in [6, 6.07) is 5.03. The minimum Gasteiger partial charge on any atom is -0.506 e. The third-order valence-electron chi connectivity index (χ3n) is 2.81. The van der Waals surface area contributed by atoms with Crippen molar-refractivity contribution in [3.8, 4) is 17.2 Å². The summed E-state index contributed by atoms with van der Waals surface area (Å²) in [5.74, 6) is 1.23. The Morgan fingerprint density at radius 1 is 1.41 bits per heavy atom. The maximum absolute atomic E-state index is 9.80. The Morgan fingerprint density at radius 3 is 2.94 bits per heavy atom. The third kappa shape index (κ3) is 1.77. The molecule has 6 heteroatoms. The molecule has 0 amide bonds. The molecule has 0 bridgehead atoms. The van der Waals surface area contributed by atoms with E-state index in [-0.39, 0.29) is 10.8 Å². The van der Waals surface area contributed by atoms with E-state index in [0.717, 1.165) is 13.1 Å². The number of benzene rings is 1. The first-order chi connectivity index (χ1) is 8.25. The first kappa shape index (κ1) is 10.6. The van der Waals surface area contributed by atoms with E-state index in [1.165, 1.54) is 0 Å². The Labute approximate surface area is 102 Å². The summed E-state index contributed by atoms with van der Waals surface area (Å²) in [6.07, 6.45) is 0. The molecule has 1 fully saturated rings. The van der Waals surface area contributed by atoms with E-state index in [4.69, 9.17) is 16.1 Å². The van der Waals surface area contributed by atoms with Gasteiger partial charge in [0.1, 0.15) is 5.75 Å². The van der Waals surface area contributed by atoms with Crippen molar-refractivity contribution in [2.75, 3.05) is 13.1 Å². The van der Waals surface area contributed by atoms with Gasteiger partial charge in [0.15, 0.2) is 5.82 Å². The van der Waals surface area contributed by atoms with Crippen LogP contribution < -0.4 is 5.32 Å². The largest absolute Gasteiger partial charge is 0.506 e. The zero-order valence-corrected chi connectivity index (χ0v) is 9.61. The van der Waals surface area contributed by atoms with Crippen molar-refractivity contribution in [1.29, 1.82) is 0 Å². The molecule has 1 saturated heterocycles. The molecule has 0 spiro atoms. The van der Waals surface area contributed by atoms with Crippen LogP contribution in [0.5, 0.6) is 5.75 Å². The number of phenolic OH excluding ortho intramolecular Hbond substituents is 1. The molecule has 1 aliphatic heterocycles. The predicted octanol–water partition coefficient (Wildman–Crippen LogP) is 1.78. The summed E-state index contributed by atoms with van der Waals surface area (Å²) < 4.78 is 5.14. The minimum absolute atomic E-state index is 0.0314. The van der Waals surface area contributed by atoms with Gasteiger partial charge in [0.25, 0.3) is 5.89 Å². The van der Waals surface area contributed by atoms with E-state index in [1.807, 2.05) is 0 Å². The van der Waals surface area contributed by atoms with Crippen molar-refractivity contribution >= 4 is 11.6 Å². The average Bonchev–Trinajstić information content (AvgIpc) is 2.68. The van der Waals surface area contributed by atoms with Gasteiger partial charge >= 0.3 is 0 Å². The number of halogens is 1. The molecular formula is C11H10ClN3O2. The van der Waals surface area contributed by atoms with Gasteiger partial charge in [0, 0.05) is 19.0 Å². The summed E-state index contributed by atoms with van der Waals surface area (Å²) in [7, 11) is 0. The molecule has 2 N–H and O–H groups in total. The lowest BCUT2D eigenvalue weighted by Gasteiger charge is -2.23. The predicted molar refractivity (Wildman–Crippen MR) is 62.0 cm³/mol. The van der Waals surface area contributed by atoms with E-state index in [1.54, 1.807) is 18.2 Å². The summed E-state index contributed by atoms with van der Waals surface area (Å²) in [4.78, 5) is 4.27. The molecule has 2 heterocycles. The van der Waals surface area contributed by atoms with E-state index in [0.29, 0.717) is 23.2 Å². The number of hydrogen-bond donors (Lipinski definition) is 2. The molecule has 1 aromatic heterocycles. The second-order valence-electron chi connectivity index (χ2n) is 3.95. The molecule has 0 unspecified atom stereocenters. The molecule has 1 aromatic carbocycles. The lowest BCUT2D eigenvalue weighted by atomic mass is 10.0. The molecule has 2 aromatic rings. The quantitative estimate of drug-likeness (QED) is 0.851. The van der Waals surface area contributed by atoms with Crippen molar-refractivity contribution in [3.05, 3.63) is 29.0 Å². The highest BCUT2D eigenvalue weighted by molar-refractivity contribution is 6.32. The van der Waals surface area contributed by atoms with Gasteiger partial charge in [-0.05, 0) is 12.1 Å². The molecule has 3 rings (SSSR count). The molecule has 0 radical (unpaired) electrons. The standard InChI is InChI=1S/C11H10ClN3O2/c12-8-3-1-2-7(9(8)16)11-14-10(15-17-11)6-4-13-5-6/h1-3,6,13,16H,4-5H2. The summed E-state index contributed by atoms with van der Waals surface area (Å²) in [5, 5.41) is 17.1. The molecule has 0 atom stereocenters. The molecule has 17 heavy (non-hydrogen) atoms. The topological polar surface area (TPSA) is 71.2 Å². The fourth-order valence-corrected chi connectivity index (χ4v) is 1.84. The van der Waals surface area contributed by atoms with E-state index in [9.17, 15) is 5.11 Å². The lowest BCUT2D eigenvalue weighted by molar-refractivity contribution is 0.381. The summed E-state index contributed by atoms with van der Waals surface area (Å²) in [6.45, 7) is 1.72. The van der Waals surface area contributed by atoms with Crippen LogP contribution in [0.15, 0.2) is 22.7 Å². The molecule has 1 aliphatic rings. The maximum Gasteiger partial charge on any atom is 0.261 e. The van der Waals surface area contributed by atoms with Gasteiger partial charge in [-0.25, -0.2) is 0 Å². The Balaban J connectivity index is 1.97. The smallest absolute Gasteiger partial charge is 0.261 e. The van der Waals surface area contributed by atoms with Crippen LogP contribution in [0.2, 0.25) is 5.02 Å². The van der Waals surface area contributed by atoms with Crippen molar-refractivity contribution in [2.24, 2.45) is 0 Å². The molecule has 0 saturated carbocycles. The zero-order chi connectivity index (χ0) is 11.8. The van der Waals surface area contributed by atoms with E-state index in [2.05, 4.69) is 15.5 Å². The Bertz CT molecular complexity index is 551. The van der Waals surface area contributed by atoms with Crippen molar-refractivity contribution in [3.63, 3.8) is 0 Å². The highest BCUT2D eigenvalue weighted by Gasteiger charge is 2.25. The lowest BCUT2D eigenvalue weighted by Crippen LogP contribution is -2.40. The van der Waals surface area contributed by atoms with Gasteiger partial charge in [0.2, 0.25) is 0 Å². The monoisotopic (exact) mass is 251 g/mol. The van der Waals surface area contributed by atoms with Crippen LogP contribution in [0.3, 0.4) is 0 Å². The second kappa shape index (κ2) is 4.01. The molecule has 88 valence electrons. The van der Waals surface area contributed by atoms with Gasteiger partial charge in [-0.3, -0.25) is 0 Å². The number of nitrogens with zero attached hydrogens (tertiary/aromatic N) is 2. The Kier molecular flexibility index (Phi) is 2.49. The third-order valence-corrected chi connectivity index (χ3v) is 3.11. The second-order valence-corrected chi connectivity index (χ2v) is 4.36. The van der Waals surface area contributed by atoms with Crippen LogP contribution in [0.1, 0.15) is 11.7 Å². The van der Waals surface area contributed by atoms with Crippen LogP contribution in [-0.2, 0) is 0 Å². The van der Waals surface area contributed by atoms with Gasteiger partial charge < -0.3 is 14.9 Å². The van der Waals surface area contributed by atoms with Crippen LogP contribution in [0.4, 0.5) is 0 Å². The maximum atomic E-state index is 9.80. The van der Waals surface area contributed by atoms with Crippen LogP contribution in [-0.4, -0.2) is 28.3 Å². The number of phenols is 1. The number of hydrogen-bond acceptors (Lipinski definition) is 5.